The zero-order chi connectivity index (χ0) is 17.1. The van der Waals surface area contributed by atoms with Gasteiger partial charge in [0.15, 0.2) is 0 Å². The first kappa shape index (κ1) is 17.1. The zero-order valence-electron chi connectivity index (χ0n) is 13.9. The Hall–Kier alpha value is -1.75. The number of halogens is 1. The van der Waals surface area contributed by atoms with Crippen molar-refractivity contribution >= 4 is 23.4 Å². The van der Waals surface area contributed by atoms with Crippen LogP contribution in [0.15, 0.2) is 18.2 Å². The van der Waals surface area contributed by atoms with Gasteiger partial charge in [-0.05, 0) is 42.5 Å². The second kappa shape index (κ2) is 7.43. The van der Waals surface area contributed by atoms with E-state index in [0.29, 0.717) is 37.6 Å². The SMILES string of the molecule is C[C@H](CNC(=O)[C@@H]1COc2ccc(Cl)cc2C1)CN1CCCC1=O. The number of likely N-dealkylation sites (tertiary alicyclic amines) is 1. The quantitative estimate of drug-likeness (QED) is 0.886. The van der Waals surface area contributed by atoms with Crippen LogP contribution in [0, 0.1) is 11.8 Å². The lowest BCUT2D eigenvalue weighted by molar-refractivity contribution is -0.128. The van der Waals surface area contributed by atoms with Crippen molar-refractivity contribution in [3.05, 3.63) is 28.8 Å². The Kier molecular flexibility index (Phi) is 5.29. The van der Waals surface area contributed by atoms with Gasteiger partial charge in [0.2, 0.25) is 11.8 Å². The molecule has 1 saturated heterocycles. The third kappa shape index (κ3) is 4.01. The molecule has 5 nitrogen and oxygen atoms in total. The Morgan fingerprint density at radius 3 is 3.08 bits per heavy atom. The van der Waals surface area contributed by atoms with Crippen molar-refractivity contribution in [2.45, 2.75) is 26.2 Å². The molecule has 0 aromatic heterocycles. The van der Waals surface area contributed by atoms with E-state index in [4.69, 9.17) is 16.3 Å². The minimum absolute atomic E-state index is 0.000207. The maximum absolute atomic E-state index is 12.4. The monoisotopic (exact) mass is 350 g/mol. The molecule has 3 rings (SSSR count). The number of benzene rings is 1. The number of nitrogens with zero attached hydrogens (tertiary/aromatic N) is 1. The van der Waals surface area contributed by atoms with Gasteiger partial charge >= 0.3 is 0 Å². The van der Waals surface area contributed by atoms with Crippen LogP contribution in [0.3, 0.4) is 0 Å². The Balaban J connectivity index is 1.48. The number of nitrogens with one attached hydrogen (secondary N) is 1. The van der Waals surface area contributed by atoms with Gasteiger partial charge in [-0.3, -0.25) is 9.59 Å². The summed E-state index contributed by atoms with van der Waals surface area (Å²) in [5.41, 5.74) is 0.976. The molecule has 6 heteroatoms. The number of hydrogen-bond acceptors (Lipinski definition) is 3. The lowest BCUT2D eigenvalue weighted by Crippen LogP contribution is -2.41. The third-order valence-corrected chi connectivity index (χ3v) is 4.86. The van der Waals surface area contributed by atoms with Crippen molar-refractivity contribution in [2.75, 3.05) is 26.2 Å². The highest BCUT2D eigenvalue weighted by atomic mass is 35.5. The number of fused-ring (bicyclic) bond motifs is 1. The first-order chi connectivity index (χ1) is 11.5. The van der Waals surface area contributed by atoms with Gasteiger partial charge in [-0.25, -0.2) is 0 Å². The van der Waals surface area contributed by atoms with E-state index in [1.54, 1.807) is 6.07 Å². The molecule has 2 aliphatic heterocycles. The van der Waals surface area contributed by atoms with Crippen LogP contribution in [-0.4, -0.2) is 43.0 Å². The summed E-state index contributed by atoms with van der Waals surface area (Å²) >= 11 is 6.01. The molecule has 1 fully saturated rings. The van der Waals surface area contributed by atoms with Gasteiger partial charge in [-0.1, -0.05) is 18.5 Å². The predicted octanol–water partition coefficient (Wildman–Crippen LogP) is 2.27. The molecule has 0 saturated carbocycles. The molecule has 130 valence electrons. The van der Waals surface area contributed by atoms with E-state index in [9.17, 15) is 9.59 Å². The molecular formula is C18H23ClN2O3. The fourth-order valence-electron chi connectivity index (χ4n) is 3.29. The number of ether oxygens (including phenoxy) is 1. The average Bonchev–Trinajstić information content (AvgIpc) is 2.96. The molecular weight excluding hydrogens is 328 g/mol. The number of amides is 2. The molecule has 1 aromatic rings. The Morgan fingerprint density at radius 1 is 1.50 bits per heavy atom. The second-order valence-electron chi connectivity index (χ2n) is 6.76. The highest BCUT2D eigenvalue weighted by molar-refractivity contribution is 6.30. The van der Waals surface area contributed by atoms with Gasteiger partial charge in [0.1, 0.15) is 12.4 Å². The summed E-state index contributed by atoms with van der Waals surface area (Å²) in [6.45, 7) is 4.56. The molecule has 0 spiro atoms. The fourth-order valence-corrected chi connectivity index (χ4v) is 3.48. The minimum atomic E-state index is -0.198. The molecule has 0 unspecified atom stereocenters. The molecule has 1 aromatic carbocycles. The van der Waals surface area contributed by atoms with Crippen molar-refractivity contribution in [2.24, 2.45) is 11.8 Å². The van der Waals surface area contributed by atoms with Crippen molar-refractivity contribution in [3.8, 4) is 5.75 Å². The average molecular weight is 351 g/mol. The summed E-state index contributed by atoms with van der Waals surface area (Å²) in [5.74, 6) is 1.07. The highest BCUT2D eigenvalue weighted by Gasteiger charge is 2.27. The molecule has 1 N–H and O–H groups in total. The van der Waals surface area contributed by atoms with Crippen LogP contribution in [0.2, 0.25) is 5.02 Å². The van der Waals surface area contributed by atoms with E-state index < -0.39 is 0 Å². The minimum Gasteiger partial charge on any atom is -0.492 e. The summed E-state index contributed by atoms with van der Waals surface area (Å²) in [7, 11) is 0. The predicted molar refractivity (Wildman–Crippen MR) is 92.1 cm³/mol. The van der Waals surface area contributed by atoms with E-state index >= 15 is 0 Å². The number of carbonyl (C=O) groups is 2. The maximum Gasteiger partial charge on any atom is 0.226 e. The normalized spacial score (nSPS) is 21.2. The van der Waals surface area contributed by atoms with Crippen LogP contribution in [0.4, 0.5) is 0 Å². The van der Waals surface area contributed by atoms with E-state index in [1.165, 1.54) is 0 Å². The number of carbonyl (C=O) groups excluding carboxylic acids is 2. The van der Waals surface area contributed by atoms with E-state index in [-0.39, 0.29) is 23.7 Å². The van der Waals surface area contributed by atoms with Gasteiger partial charge in [0.05, 0.1) is 5.92 Å². The molecule has 0 radical (unpaired) electrons. The summed E-state index contributed by atoms with van der Waals surface area (Å²) in [5, 5.41) is 3.65. The van der Waals surface area contributed by atoms with E-state index in [0.717, 1.165) is 24.3 Å². The van der Waals surface area contributed by atoms with Gasteiger partial charge < -0.3 is 15.0 Å². The van der Waals surface area contributed by atoms with Crippen molar-refractivity contribution < 1.29 is 14.3 Å². The largest absolute Gasteiger partial charge is 0.492 e. The fraction of sp³-hybridized carbons (Fsp3) is 0.556. The molecule has 2 heterocycles. The first-order valence-electron chi connectivity index (χ1n) is 8.49. The van der Waals surface area contributed by atoms with Crippen LogP contribution in [0.25, 0.3) is 0 Å². The number of hydrogen-bond donors (Lipinski definition) is 1. The molecule has 2 atom stereocenters. The van der Waals surface area contributed by atoms with Gasteiger partial charge in [0.25, 0.3) is 0 Å². The van der Waals surface area contributed by atoms with Crippen molar-refractivity contribution in [1.29, 1.82) is 0 Å². The van der Waals surface area contributed by atoms with Crippen LogP contribution < -0.4 is 10.1 Å². The lowest BCUT2D eigenvalue weighted by Gasteiger charge is -2.26. The van der Waals surface area contributed by atoms with Crippen LogP contribution in [0.5, 0.6) is 5.75 Å². The molecule has 2 amide bonds. The molecule has 24 heavy (non-hydrogen) atoms. The first-order valence-corrected chi connectivity index (χ1v) is 8.87. The van der Waals surface area contributed by atoms with Crippen LogP contribution >= 0.6 is 11.6 Å². The second-order valence-corrected chi connectivity index (χ2v) is 7.19. The van der Waals surface area contributed by atoms with Crippen LogP contribution in [0.1, 0.15) is 25.3 Å². The van der Waals surface area contributed by atoms with Crippen molar-refractivity contribution in [3.63, 3.8) is 0 Å². The topological polar surface area (TPSA) is 58.6 Å². The zero-order valence-corrected chi connectivity index (χ0v) is 14.6. The number of rotatable bonds is 5. The maximum atomic E-state index is 12.4. The van der Waals surface area contributed by atoms with Gasteiger partial charge in [0, 0.05) is 31.1 Å². The highest BCUT2D eigenvalue weighted by Crippen LogP contribution is 2.29. The van der Waals surface area contributed by atoms with E-state index in [1.807, 2.05) is 17.0 Å². The summed E-state index contributed by atoms with van der Waals surface area (Å²) in [6.07, 6.45) is 2.24. The van der Waals surface area contributed by atoms with Crippen molar-refractivity contribution in [1.82, 2.24) is 10.2 Å². The Labute approximate surface area is 147 Å². The third-order valence-electron chi connectivity index (χ3n) is 4.63. The Morgan fingerprint density at radius 2 is 2.33 bits per heavy atom. The summed E-state index contributed by atoms with van der Waals surface area (Å²) < 4.78 is 5.67. The standard InChI is InChI=1S/C18H23ClN2O3/c1-12(10-21-6-2-3-17(21)22)9-20-18(23)14-7-13-8-15(19)4-5-16(13)24-11-14/h4-5,8,12,14H,2-3,6-7,9-11H2,1H3,(H,20,23)/t12-,14+/m1/s1. The van der Waals surface area contributed by atoms with Gasteiger partial charge in [-0.2, -0.15) is 0 Å². The smallest absolute Gasteiger partial charge is 0.226 e. The summed E-state index contributed by atoms with van der Waals surface area (Å²) in [6, 6.07) is 5.50. The lowest BCUT2D eigenvalue weighted by atomic mass is 9.96. The van der Waals surface area contributed by atoms with E-state index in [2.05, 4.69) is 12.2 Å². The molecule has 2 aliphatic rings. The molecule has 0 aliphatic carbocycles. The Bertz CT molecular complexity index is 635. The van der Waals surface area contributed by atoms with Crippen LogP contribution in [-0.2, 0) is 16.0 Å². The van der Waals surface area contributed by atoms with Gasteiger partial charge in [-0.15, -0.1) is 0 Å². The molecule has 0 bridgehead atoms. The summed E-state index contributed by atoms with van der Waals surface area (Å²) in [4.78, 5) is 25.9.